The zero-order valence-electron chi connectivity index (χ0n) is 15.9. The van der Waals surface area contributed by atoms with E-state index in [-0.39, 0.29) is 18.3 Å². The van der Waals surface area contributed by atoms with Gasteiger partial charge in [0.25, 0.3) is 5.91 Å². The first kappa shape index (κ1) is 22.7. The van der Waals surface area contributed by atoms with E-state index in [0.717, 1.165) is 30.0 Å². The summed E-state index contributed by atoms with van der Waals surface area (Å²) in [6.45, 7) is 7.69. The molecule has 7 heteroatoms. The predicted molar refractivity (Wildman–Crippen MR) is 104 cm³/mol. The molecule has 1 amide bonds. The molecule has 0 aromatic heterocycles. The second-order valence-corrected chi connectivity index (χ2v) is 6.29. The second kappa shape index (κ2) is 11.4. The molecule has 1 aliphatic rings. The van der Waals surface area contributed by atoms with Crippen LogP contribution in [-0.2, 0) is 20.8 Å². The Labute approximate surface area is 162 Å². The smallest absolute Gasteiger partial charge is 0.252 e. The van der Waals surface area contributed by atoms with Crippen molar-refractivity contribution < 1.29 is 19.0 Å². The zero-order chi connectivity index (χ0) is 18.1. The Bertz CT molecular complexity index is 562. The standard InChI is InChI=1S/C19H30N2O4.ClH/c1-4-24-11-12-25-17-13-15(2)5-6-16(17)14-21-18(22)19(23-3)7-9-20-10-8-19;/h5-6,13,20H,4,7-12,14H2,1-3H3,(H,21,22);1H. The third-order valence-electron chi connectivity index (χ3n) is 4.57. The molecule has 1 aromatic rings. The van der Waals surface area contributed by atoms with Crippen LogP contribution in [0.25, 0.3) is 0 Å². The number of carbonyl (C=O) groups excluding carboxylic acids is 1. The third kappa shape index (κ3) is 6.13. The molecule has 1 heterocycles. The van der Waals surface area contributed by atoms with E-state index in [4.69, 9.17) is 14.2 Å². The number of carbonyl (C=O) groups is 1. The van der Waals surface area contributed by atoms with E-state index in [1.807, 2.05) is 32.0 Å². The summed E-state index contributed by atoms with van der Waals surface area (Å²) in [6, 6.07) is 6.01. The molecule has 1 saturated heterocycles. The zero-order valence-corrected chi connectivity index (χ0v) is 16.7. The molecule has 0 saturated carbocycles. The maximum absolute atomic E-state index is 12.7. The summed E-state index contributed by atoms with van der Waals surface area (Å²) in [5.41, 5.74) is 1.34. The highest BCUT2D eigenvalue weighted by Gasteiger charge is 2.39. The molecule has 0 bridgehead atoms. The number of hydrogen-bond donors (Lipinski definition) is 2. The summed E-state index contributed by atoms with van der Waals surface area (Å²) < 4.78 is 16.7. The van der Waals surface area contributed by atoms with E-state index in [0.29, 0.717) is 39.2 Å². The van der Waals surface area contributed by atoms with Crippen LogP contribution in [0.2, 0.25) is 0 Å². The molecular weight excluding hydrogens is 356 g/mol. The van der Waals surface area contributed by atoms with E-state index in [2.05, 4.69) is 10.6 Å². The lowest BCUT2D eigenvalue weighted by molar-refractivity contribution is -0.146. The molecule has 0 spiro atoms. The molecule has 2 rings (SSSR count). The van der Waals surface area contributed by atoms with Gasteiger partial charge in [0, 0.05) is 25.8 Å². The van der Waals surface area contributed by atoms with Crippen LogP contribution >= 0.6 is 12.4 Å². The SMILES string of the molecule is CCOCCOc1cc(C)ccc1CNC(=O)C1(OC)CCNCC1.Cl. The Hall–Kier alpha value is -1.34. The number of amides is 1. The molecule has 26 heavy (non-hydrogen) atoms. The van der Waals surface area contributed by atoms with Crippen molar-refractivity contribution in [3.8, 4) is 5.75 Å². The Morgan fingerprint density at radius 2 is 2.00 bits per heavy atom. The maximum atomic E-state index is 12.7. The topological polar surface area (TPSA) is 68.8 Å². The first-order valence-electron chi connectivity index (χ1n) is 8.95. The molecule has 0 aliphatic carbocycles. The number of ether oxygens (including phenoxy) is 3. The van der Waals surface area contributed by atoms with Gasteiger partial charge in [0.1, 0.15) is 18.0 Å². The van der Waals surface area contributed by atoms with Crippen molar-refractivity contribution in [2.75, 3.05) is 40.0 Å². The van der Waals surface area contributed by atoms with Crippen LogP contribution in [0.15, 0.2) is 18.2 Å². The van der Waals surface area contributed by atoms with Crippen LogP contribution in [0.4, 0.5) is 0 Å². The number of nitrogens with one attached hydrogen (secondary N) is 2. The van der Waals surface area contributed by atoms with E-state index < -0.39 is 5.60 Å². The maximum Gasteiger partial charge on any atom is 0.252 e. The summed E-state index contributed by atoms with van der Waals surface area (Å²) in [4.78, 5) is 12.7. The van der Waals surface area contributed by atoms with Crippen molar-refractivity contribution in [1.82, 2.24) is 10.6 Å². The van der Waals surface area contributed by atoms with Crippen LogP contribution < -0.4 is 15.4 Å². The largest absolute Gasteiger partial charge is 0.491 e. The fraction of sp³-hybridized carbons (Fsp3) is 0.632. The van der Waals surface area contributed by atoms with Gasteiger partial charge in [0.2, 0.25) is 0 Å². The number of aryl methyl sites for hydroxylation is 1. The molecule has 1 aromatic carbocycles. The van der Waals surface area contributed by atoms with Crippen molar-refractivity contribution in [1.29, 1.82) is 0 Å². The number of halogens is 1. The van der Waals surface area contributed by atoms with Crippen molar-refractivity contribution >= 4 is 18.3 Å². The molecule has 148 valence electrons. The number of methoxy groups -OCH3 is 1. The quantitative estimate of drug-likeness (QED) is 0.637. The second-order valence-electron chi connectivity index (χ2n) is 6.29. The van der Waals surface area contributed by atoms with Gasteiger partial charge in [-0.05, 0) is 51.4 Å². The van der Waals surface area contributed by atoms with Crippen LogP contribution in [0.3, 0.4) is 0 Å². The Morgan fingerprint density at radius 3 is 2.65 bits per heavy atom. The Balaban J connectivity index is 0.00000338. The van der Waals surface area contributed by atoms with Gasteiger partial charge in [-0.25, -0.2) is 0 Å². The van der Waals surface area contributed by atoms with Gasteiger partial charge in [-0.2, -0.15) is 0 Å². The minimum absolute atomic E-state index is 0. The summed E-state index contributed by atoms with van der Waals surface area (Å²) in [5, 5.41) is 6.28. The summed E-state index contributed by atoms with van der Waals surface area (Å²) >= 11 is 0. The molecule has 1 aliphatic heterocycles. The van der Waals surface area contributed by atoms with Crippen LogP contribution in [0.1, 0.15) is 30.9 Å². The summed E-state index contributed by atoms with van der Waals surface area (Å²) in [6.07, 6.45) is 1.36. The van der Waals surface area contributed by atoms with Gasteiger partial charge in [0.05, 0.1) is 6.61 Å². The van der Waals surface area contributed by atoms with Gasteiger partial charge in [-0.1, -0.05) is 12.1 Å². The summed E-state index contributed by atoms with van der Waals surface area (Å²) in [7, 11) is 1.61. The number of benzene rings is 1. The van der Waals surface area contributed by atoms with E-state index in [1.165, 1.54) is 0 Å². The monoisotopic (exact) mass is 386 g/mol. The molecule has 1 fully saturated rings. The molecule has 6 nitrogen and oxygen atoms in total. The highest BCUT2D eigenvalue weighted by Crippen LogP contribution is 2.24. The fourth-order valence-corrected chi connectivity index (χ4v) is 2.99. The predicted octanol–water partition coefficient (Wildman–Crippen LogP) is 2.22. The molecule has 0 unspecified atom stereocenters. The van der Waals surface area contributed by atoms with E-state index in [1.54, 1.807) is 7.11 Å². The number of piperidine rings is 1. The third-order valence-corrected chi connectivity index (χ3v) is 4.57. The van der Waals surface area contributed by atoms with Gasteiger partial charge < -0.3 is 24.8 Å². The van der Waals surface area contributed by atoms with Crippen molar-refractivity contribution in [3.63, 3.8) is 0 Å². The highest BCUT2D eigenvalue weighted by molar-refractivity contribution is 5.85. The van der Waals surface area contributed by atoms with E-state index >= 15 is 0 Å². The molecule has 2 N–H and O–H groups in total. The van der Waals surface area contributed by atoms with Crippen LogP contribution in [-0.4, -0.2) is 51.5 Å². The lowest BCUT2D eigenvalue weighted by Crippen LogP contribution is -2.53. The molecule has 0 atom stereocenters. The lowest BCUT2D eigenvalue weighted by Gasteiger charge is -2.34. The fourth-order valence-electron chi connectivity index (χ4n) is 2.99. The van der Waals surface area contributed by atoms with Crippen LogP contribution in [0.5, 0.6) is 5.75 Å². The normalized spacial score (nSPS) is 15.8. The first-order valence-corrected chi connectivity index (χ1v) is 8.95. The minimum atomic E-state index is -0.730. The lowest BCUT2D eigenvalue weighted by atomic mass is 9.91. The van der Waals surface area contributed by atoms with E-state index in [9.17, 15) is 4.79 Å². The summed E-state index contributed by atoms with van der Waals surface area (Å²) in [5.74, 6) is 0.731. The van der Waals surface area contributed by atoms with Crippen molar-refractivity contribution in [2.45, 2.75) is 38.8 Å². The molecular formula is C19H31ClN2O4. The number of hydrogen-bond acceptors (Lipinski definition) is 5. The Kier molecular flexibility index (Phi) is 9.94. The van der Waals surface area contributed by atoms with Gasteiger partial charge in [-0.3, -0.25) is 4.79 Å². The first-order chi connectivity index (χ1) is 12.1. The number of rotatable bonds is 9. The average Bonchev–Trinajstić information content (AvgIpc) is 2.64. The minimum Gasteiger partial charge on any atom is -0.491 e. The Morgan fingerprint density at radius 1 is 1.27 bits per heavy atom. The average molecular weight is 387 g/mol. The van der Waals surface area contributed by atoms with Crippen molar-refractivity contribution in [2.24, 2.45) is 0 Å². The van der Waals surface area contributed by atoms with Crippen molar-refractivity contribution in [3.05, 3.63) is 29.3 Å². The van der Waals surface area contributed by atoms with Gasteiger partial charge in [-0.15, -0.1) is 12.4 Å². The van der Waals surface area contributed by atoms with Crippen LogP contribution in [0, 0.1) is 6.92 Å². The highest BCUT2D eigenvalue weighted by atomic mass is 35.5. The molecule has 0 radical (unpaired) electrons. The van der Waals surface area contributed by atoms with Gasteiger partial charge in [0.15, 0.2) is 0 Å². The van der Waals surface area contributed by atoms with Gasteiger partial charge >= 0.3 is 0 Å².